The molecule has 7 heteroatoms. The average molecular weight is 444 g/mol. The number of hydrogen-bond donors (Lipinski definition) is 0. The number of halogens is 2. The maximum atomic E-state index is 13.1. The minimum absolute atomic E-state index is 0.257. The van der Waals surface area contributed by atoms with Gasteiger partial charge < -0.3 is 9.80 Å². The molecule has 2 aliphatic heterocycles. The quantitative estimate of drug-likeness (QED) is 0.663. The van der Waals surface area contributed by atoms with Crippen molar-refractivity contribution < 1.29 is 9.59 Å². The first-order valence-electron chi connectivity index (χ1n) is 10.0. The lowest BCUT2D eigenvalue weighted by Gasteiger charge is -2.37. The fourth-order valence-electron chi connectivity index (χ4n) is 4.09. The molecule has 0 radical (unpaired) electrons. The van der Waals surface area contributed by atoms with E-state index in [0.29, 0.717) is 46.5 Å². The monoisotopic (exact) mass is 443 g/mol. The lowest BCUT2D eigenvalue weighted by molar-refractivity contribution is -0.137. The van der Waals surface area contributed by atoms with Gasteiger partial charge in [-0.1, -0.05) is 41.4 Å². The Morgan fingerprint density at radius 2 is 1.60 bits per heavy atom. The van der Waals surface area contributed by atoms with Crippen molar-refractivity contribution in [2.75, 3.05) is 37.6 Å². The summed E-state index contributed by atoms with van der Waals surface area (Å²) in [5.41, 5.74) is 3.75. The Morgan fingerprint density at radius 3 is 2.23 bits per heavy atom. The minimum Gasteiger partial charge on any atom is -0.368 e. The molecule has 2 aliphatic rings. The van der Waals surface area contributed by atoms with E-state index in [2.05, 4.69) is 36.1 Å². The number of carbonyl (C=O) groups is 2. The lowest BCUT2D eigenvalue weighted by Crippen LogP contribution is -2.47. The number of carbonyl (C=O) groups excluding carboxylic acids is 2. The Hall–Kier alpha value is -2.50. The molecule has 2 heterocycles. The molecule has 0 unspecified atom stereocenters. The summed E-state index contributed by atoms with van der Waals surface area (Å²) in [7, 11) is 0. The van der Waals surface area contributed by atoms with Gasteiger partial charge in [-0.3, -0.25) is 14.5 Å². The van der Waals surface area contributed by atoms with E-state index in [1.807, 2.05) is 4.90 Å². The molecule has 1 saturated heterocycles. The van der Waals surface area contributed by atoms with Crippen LogP contribution in [0.5, 0.6) is 0 Å². The van der Waals surface area contributed by atoms with Gasteiger partial charge in [-0.05, 0) is 43.7 Å². The van der Waals surface area contributed by atoms with Crippen molar-refractivity contribution in [1.29, 1.82) is 0 Å². The van der Waals surface area contributed by atoms with Crippen molar-refractivity contribution in [3.05, 3.63) is 69.3 Å². The molecule has 0 saturated carbocycles. The van der Waals surface area contributed by atoms with Crippen molar-refractivity contribution in [3.8, 4) is 0 Å². The zero-order chi connectivity index (χ0) is 21.4. The van der Waals surface area contributed by atoms with Crippen LogP contribution in [-0.2, 0) is 9.59 Å². The Balaban J connectivity index is 1.67. The minimum atomic E-state index is -0.303. The smallest absolute Gasteiger partial charge is 0.277 e. The van der Waals surface area contributed by atoms with Crippen molar-refractivity contribution in [2.45, 2.75) is 13.8 Å². The third-order valence-corrected chi connectivity index (χ3v) is 6.17. The normalized spacial score (nSPS) is 17.4. The number of hydrogen-bond acceptors (Lipinski definition) is 4. The Kier molecular flexibility index (Phi) is 5.76. The second-order valence-electron chi connectivity index (χ2n) is 7.52. The highest BCUT2D eigenvalue weighted by Crippen LogP contribution is 2.36. The molecule has 0 aliphatic carbocycles. The molecule has 2 amide bonds. The van der Waals surface area contributed by atoms with Crippen molar-refractivity contribution in [2.24, 2.45) is 0 Å². The molecule has 30 heavy (non-hydrogen) atoms. The Labute approximate surface area is 186 Å². The van der Waals surface area contributed by atoms with Crippen LogP contribution in [0.2, 0.25) is 10.0 Å². The summed E-state index contributed by atoms with van der Waals surface area (Å²) in [6, 6.07) is 13.4. The topological polar surface area (TPSA) is 43.9 Å². The maximum absolute atomic E-state index is 13.1. The van der Waals surface area contributed by atoms with Crippen LogP contribution in [0.1, 0.15) is 18.1 Å². The molecule has 5 nitrogen and oxygen atoms in total. The second kappa shape index (κ2) is 8.32. The van der Waals surface area contributed by atoms with Crippen LogP contribution in [-0.4, -0.2) is 54.3 Å². The largest absolute Gasteiger partial charge is 0.368 e. The number of nitrogens with zero attached hydrogens (tertiary/aromatic N) is 3. The van der Waals surface area contributed by atoms with Crippen LogP contribution in [0.4, 0.5) is 5.69 Å². The molecule has 0 atom stereocenters. The molecule has 0 aromatic heterocycles. The van der Waals surface area contributed by atoms with Crippen LogP contribution >= 0.6 is 23.2 Å². The number of amides is 2. The van der Waals surface area contributed by atoms with E-state index in [9.17, 15) is 9.59 Å². The van der Waals surface area contributed by atoms with Gasteiger partial charge in [0.25, 0.3) is 11.8 Å². The molecule has 1 fully saturated rings. The van der Waals surface area contributed by atoms with Gasteiger partial charge in [0.1, 0.15) is 5.70 Å². The Bertz CT molecular complexity index is 1040. The van der Waals surface area contributed by atoms with Crippen LogP contribution < -0.4 is 4.90 Å². The van der Waals surface area contributed by atoms with Crippen LogP contribution in [0.25, 0.3) is 5.57 Å². The molecule has 4 rings (SSSR count). The third-order valence-electron chi connectivity index (χ3n) is 5.62. The number of likely N-dealkylation sites (N-methyl/N-ethyl adjacent to an activating group) is 1. The molecule has 0 spiro atoms. The predicted molar refractivity (Wildman–Crippen MR) is 121 cm³/mol. The summed E-state index contributed by atoms with van der Waals surface area (Å²) in [4.78, 5) is 31.8. The fraction of sp³-hybridized carbons (Fsp3) is 0.304. The number of rotatable bonds is 4. The molecule has 2 aromatic rings. The molecular formula is C23H23Cl2N3O2. The number of benzene rings is 2. The van der Waals surface area contributed by atoms with Gasteiger partial charge in [0.2, 0.25) is 0 Å². The van der Waals surface area contributed by atoms with E-state index in [-0.39, 0.29) is 11.8 Å². The molecule has 0 N–H and O–H groups in total. The van der Waals surface area contributed by atoms with E-state index < -0.39 is 0 Å². The zero-order valence-electron chi connectivity index (χ0n) is 17.0. The van der Waals surface area contributed by atoms with Gasteiger partial charge in [0, 0.05) is 49.0 Å². The highest BCUT2D eigenvalue weighted by Gasteiger charge is 2.42. The van der Waals surface area contributed by atoms with Gasteiger partial charge in [0.15, 0.2) is 0 Å². The second-order valence-corrected chi connectivity index (χ2v) is 8.36. The summed E-state index contributed by atoms with van der Waals surface area (Å²) in [6.07, 6.45) is 0. The molecular weight excluding hydrogens is 421 g/mol. The summed E-state index contributed by atoms with van der Waals surface area (Å²) >= 11 is 12.4. The van der Waals surface area contributed by atoms with Crippen molar-refractivity contribution in [1.82, 2.24) is 9.80 Å². The number of piperazine rings is 1. The first kappa shape index (κ1) is 20.8. The Morgan fingerprint density at radius 1 is 0.900 bits per heavy atom. The van der Waals surface area contributed by atoms with Gasteiger partial charge in [-0.15, -0.1) is 0 Å². The average Bonchev–Trinajstić information content (AvgIpc) is 2.97. The van der Waals surface area contributed by atoms with Gasteiger partial charge in [-0.2, -0.15) is 0 Å². The standard InChI is InChI=1S/C23H23Cl2N3O2/c1-3-28-22(29)20(18-8-7-16(24)14-19(18)25)21(23(28)30)27-11-9-26(10-12-27)17-6-4-5-15(2)13-17/h4-8,13-14H,3,9-12H2,1-2H3. The third kappa shape index (κ3) is 3.68. The van der Waals surface area contributed by atoms with Gasteiger partial charge in [-0.25, -0.2) is 0 Å². The lowest BCUT2D eigenvalue weighted by atomic mass is 10.0. The van der Waals surface area contributed by atoms with Crippen molar-refractivity contribution >= 4 is 46.3 Å². The fourth-order valence-corrected chi connectivity index (χ4v) is 4.59. The van der Waals surface area contributed by atoms with Gasteiger partial charge in [0.05, 0.1) is 10.6 Å². The predicted octanol–water partition coefficient (Wildman–Crippen LogP) is 4.22. The number of anilines is 1. The van der Waals surface area contributed by atoms with Crippen LogP contribution in [0.3, 0.4) is 0 Å². The van der Waals surface area contributed by atoms with Crippen molar-refractivity contribution in [3.63, 3.8) is 0 Å². The highest BCUT2D eigenvalue weighted by molar-refractivity contribution is 6.41. The molecule has 0 bridgehead atoms. The first-order chi connectivity index (χ1) is 14.4. The highest BCUT2D eigenvalue weighted by atomic mass is 35.5. The first-order valence-corrected chi connectivity index (χ1v) is 10.8. The van der Waals surface area contributed by atoms with E-state index >= 15 is 0 Å². The summed E-state index contributed by atoms with van der Waals surface area (Å²) in [5, 5.41) is 0.856. The maximum Gasteiger partial charge on any atom is 0.277 e. The van der Waals surface area contributed by atoms with E-state index in [1.165, 1.54) is 16.2 Å². The van der Waals surface area contributed by atoms with Crippen LogP contribution in [0, 0.1) is 6.92 Å². The summed E-state index contributed by atoms with van der Waals surface area (Å²) in [6.45, 7) is 7.02. The molecule has 2 aromatic carbocycles. The van der Waals surface area contributed by atoms with E-state index in [0.717, 1.165) is 13.1 Å². The number of aryl methyl sites for hydroxylation is 1. The van der Waals surface area contributed by atoms with E-state index in [1.54, 1.807) is 25.1 Å². The van der Waals surface area contributed by atoms with E-state index in [4.69, 9.17) is 23.2 Å². The number of imide groups is 1. The summed E-state index contributed by atoms with van der Waals surface area (Å²) in [5.74, 6) is -0.560. The zero-order valence-corrected chi connectivity index (χ0v) is 18.5. The summed E-state index contributed by atoms with van der Waals surface area (Å²) < 4.78 is 0. The van der Waals surface area contributed by atoms with Gasteiger partial charge >= 0.3 is 0 Å². The SMILES string of the molecule is CCN1C(=O)C(c2ccc(Cl)cc2Cl)=C(N2CCN(c3cccc(C)c3)CC2)C1=O. The van der Waals surface area contributed by atoms with Crippen LogP contribution in [0.15, 0.2) is 48.2 Å². The molecule has 156 valence electrons.